The van der Waals surface area contributed by atoms with Crippen molar-refractivity contribution in [2.24, 2.45) is 5.92 Å². The lowest BCUT2D eigenvalue weighted by atomic mass is 9.83. The van der Waals surface area contributed by atoms with Gasteiger partial charge in [0, 0.05) is 16.5 Å². The number of esters is 1. The van der Waals surface area contributed by atoms with Crippen LogP contribution in [0.2, 0.25) is 0 Å². The summed E-state index contributed by atoms with van der Waals surface area (Å²) in [5.74, 6) is -3.15. The van der Waals surface area contributed by atoms with Gasteiger partial charge in [-0.3, -0.25) is 29.1 Å². The molecule has 3 amide bonds. The van der Waals surface area contributed by atoms with Gasteiger partial charge in [-0.25, -0.2) is 4.79 Å². The molecule has 0 saturated carbocycles. The lowest BCUT2D eigenvalue weighted by molar-refractivity contribution is -0.126. The molecule has 3 aromatic rings. The molecule has 0 radical (unpaired) electrons. The molecule has 2 aliphatic heterocycles. The number of carbonyl (C=O) groups excluding carboxylic acids is 4. The fourth-order valence-electron chi connectivity index (χ4n) is 4.78. The van der Waals surface area contributed by atoms with Crippen LogP contribution in [-0.4, -0.2) is 51.8 Å². The maximum atomic E-state index is 13.1. The Hall–Kier alpha value is -4.10. The first-order valence-electron chi connectivity index (χ1n) is 12.5. The Morgan fingerprint density at radius 2 is 1.80 bits per heavy atom. The smallest absolute Gasteiger partial charge is 0.338 e. The van der Waals surface area contributed by atoms with Gasteiger partial charge < -0.3 is 19.9 Å². The van der Waals surface area contributed by atoms with E-state index >= 15 is 0 Å². The number of ether oxygens (including phenoxy) is 2. The van der Waals surface area contributed by atoms with Crippen molar-refractivity contribution in [1.82, 2.24) is 9.88 Å². The zero-order chi connectivity index (χ0) is 28.6. The Bertz CT molecular complexity index is 1560. The van der Waals surface area contributed by atoms with Crippen LogP contribution in [0.4, 0.5) is 5.69 Å². The summed E-state index contributed by atoms with van der Waals surface area (Å²) < 4.78 is 11.8. The van der Waals surface area contributed by atoms with Crippen LogP contribution in [0.15, 0.2) is 52.3 Å². The number of phenols is 1. The molecule has 0 bridgehead atoms. The number of hydrogen-bond donors (Lipinski definition) is 3. The van der Waals surface area contributed by atoms with Crippen LogP contribution in [0, 0.1) is 5.92 Å². The van der Waals surface area contributed by atoms with Crippen molar-refractivity contribution in [3.63, 3.8) is 0 Å². The SMILES string of the molecule is CCOC(=O)c1ccc(NC(=O)Cn2c3c(sc2=O)[C@@H](c2ccc(O)c(OCC)c2)C2C(=O)NC(=O)C2S3)cc1. The molecule has 1 fully saturated rings. The van der Waals surface area contributed by atoms with Gasteiger partial charge in [-0.2, -0.15) is 0 Å². The molecule has 3 heterocycles. The number of hydrogen-bond acceptors (Lipinski definition) is 10. The quantitative estimate of drug-likeness (QED) is 0.268. The van der Waals surface area contributed by atoms with Crippen molar-refractivity contribution in [3.05, 3.63) is 68.1 Å². The van der Waals surface area contributed by atoms with Gasteiger partial charge in [0.25, 0.3) is 0 Å². The molecular formula is C27H25N3O8S2. The minimum absolute atomic E-state index is 0.0720. The Morgan fingerprint density at radius 3 is 2.50 bits per heavy atom. The minimum atomic E-state index is -0.798. The fraction of sp³-hybridized carbons (Fsp3) is 0.296. The molecule has 3 N–H and O–H groups in total. The molecule has 2 aromatic carbocycles. The van der Waals surface area contributed by atoms with Gasteiger partial charge in [0.2, 0.25) is 17.7 Å². The number of anilines is 1. The number of benzene rings is 2. The lowest BCUT2D eigenvalue weighted by Gasteiger charge is -2.31. The first-order valence-corrected chi connectivity index (χ1v) is 14.2. The van der Waals surface area contributed by atoms with Crippen molar-refractivity contribution >= 4 is 52.5 Å². The summed E-state index contributed by atoms with van der Waals surface area (Å²) in [5.41, 5.74) is 1.36. The monoisotopic (exact) mass is 583 g/mol. The standard InChI is InChI=1S/C27H25N3O8S2/c1-3-37-17-11-14(7-10-16(17)31)19-20-21(24(34)29-23(20)33)39-25-22(19)40-27(36)30(25)12-18(32)28-15-8-5-13(6-9-15)26(35)38-4-2/h5-11,19-21,31H,3-4,12H2,1-2H3,(H,28,32)(H,29,33,34)/t19-,20?,21?/m0/s1. The van der Waals surface area contributed by atoms with Gasteiger partial charge >= 0.3 is 10.8 Å². The third kappa shape index (κ3) is 5.09. The number of rotatable bonds is 8. The van der Waals surface area contributed by atoms with Crippen LogP contribution in [0.1, 0.15) is 40.6 Å². The molecule has 2 aliphatic rings. The molecule has 3 atom stereocenters. The largest absolute Gasteiger partial charge is 0.504 e. The minimum Gasteiger partial charge on any atom is -0.504 e. The summed E-state index contributed by atoms with van der Waals surface area (Å²) in [6, 6.07) is 10.9. The van der Waals surface area contributed by atoms with Crippen LogP contribution in [0.3, 0.4) is 0 Å². The molecule has 0 spiro atoms. The first kappa shape index (κ1) is 27.5. The summed E-state index contributed by atoms with van der Waals surface area (Å²) in [6.45, 7) is 3.70. The maximum absolute atomic E-state index is 13.1. The van der Waals surface area contributed by atoms with Gasteiger partial charge in [0.05, 0.1) is 29.7 Å². The van der Waals surface area contributed by atoms with Crippen LogP contribution >= 0.6 is 23.1 Å². The van der Waals surface area contributed by atoms with Crippen LogP contribution in [-0.2, 0) is 25.7 Å². The van der Waals surface area contributed by atoms with Gasteiger partial charge in [0.1, 0.15) is 11.8 Å². The van der Waals surface area contributed by atoms with Crippen molar-refractivity contribution < 1.29 is 33.8 Å². The van der Waals surface area contributed by atoms with Crippen molar-refractivity contribution in [1.29, 1.82) is 0 Å². The number of thiazole rings is 1. The van der Waals surface area contributed by atoms with E-state index in [2.05, 4.69) is 10.6 Å². The van der Waals surface area contributed by atoms with E-state index < -0.39 is 45.6 Å². The fourth-order valence-corrected chi connectivity index (χ4v) is 7.52. The molecule has 11 nitrogen and oxygen atoms in total. The van der Waals surface area contributed by atoms with Crippen LogP contribution in [0.25, 0.3) is 0 Å². The molecule has 1 aromatic heterocycles. The maximum Gasteiger partial charge on any atom is 0.338 e. The number of amides is 3. The number of thioether (sulfide) groups is 1. The molecule has 2 unspecified atom stereocenters. The number of aromatic nitrogens is 1. The van der Waals surface area contributed by atoms with E-state index in [1.54, 1.807) is 38.1 Å². The topological polar surface area (TPSA) is 153 Å². The third-order valence-electron chi connectivity index (χ3n) is 6.51. The Kier molecular flexibility index (Phi) is 7.68. The molecular weight excluding hydrogens is 558 g/mol. The number of aromatic hydroxyl groups is 1. The number of nitrogens with one attached hydrogen (secondary N) is 2. The van der Waals surface area contributed by atoms with Gasteiger partial charge in [-0.1, -0.05) is 29.2 Å². The van der Waals surface area contributed by atoms with Crippen LogP contribution in [0.5, 0.6) is 11.5 Å². The van der Waals surface area contributed by atoms with Gasteiger partial charge in [-0.05, 0) is 55.8 Å². The second kappa shape index (κ2) is 11.2. The lowest BCUT2D eigenvalue weighted by Crippen LogP contribution is -2.32. The van der Waals surface area contributed by atoms with Gasteiger partial charge in [-0.15, -0.1) is 0 Å². The first-order chi connectivity index (χ1) is 19.2. The number of nitrogens with zero attached hydrogens (tertiary/aromatic N) is 1. The highest BCUT2D eigenvalue weighted by atomic mass is 32.2. The summed E-state index contributed by atoms with van der Waals surface area (Å²) in [5, 5.41) is 14.9. The zero-order valence-electron chi connectivity index (χ0n) is 21.5. The van der Waals surface area contributed by atoms with Crippen molar-refractivity contribution in [3.8, 4) is 11.5 Å². The van der Waals surface area contributed by atoms with E-state index in [-0.39, 0.29) is 24.7 Å². The molecule has 5 rings (SSSR count). The van der Waals surface area contributed by atoms with E-state index in [0.29, 0.717) is 33.3 Å². The van der Waals surface area contributed by atoms with Gasteiger partial charge in [0.15, 0.2) is 11.5 Å². The average molecular weight is 584 g/mol. The molecule has 13 heteroatoms. The van der Waals surface area contributed by atoms with E-state index in [1.165, 1.54) is 22.8 Å². The molecule has 208 valence electrons. The van der Waals surface area contributed by atoms with E-state index in [9.17, 15) is 29.1 Å². The van der Waals surface area contributed by atoms with Crippen molar-refractivity contribution in [2.45, 2.75) is 36.6 Å². The molecule has 1 saturated heterocycles. The van der Waals surface area contributed by atoms with E-state index in [4.69, 9.17) is 9.47 Å². The van der Waals surface area contributed by atoms with Crippen LogP contribution < -0.4 is 20.2 Å². The Labute approximate surface area is 236 Å². The number of phenolic OH excluding ortho intramolecular Hbond substituents is 1. The summed E-state index contributed by atoms with van der Waals surface area (Å²) >= 11 is 2.00. The normalized spacial score (nSPS) is 19.4. The predicted molar refractivity (Wildman–Crippen MR) is 147 cm³/mol. The highest BCUT2D eigenvalue weighted by molar-refractivity contribution is 8.00. The number of imide groups is 1. The number of fused-ring (bicyclic) bond motifs is 2. The summed E-state index contributed by atoms with van der Waals surface area (Å²) in [6.07, 6.45) is 0. The zero-order valence-corrected chi connectivity index (χ0v) is 23.1. The average Bonchev–Trinajstić information content (AvgIpc) is 3.39. The predicted octanol–water partition coefficient (Wildman–Crippen LogP) is 2.71. The second-order valence-corrected chi connectivity index (χ2v) is 11.1. The number of carbonyl (C=O) groups is 4. The third-order valence-corrected chi connectivity index (χ3v) is 9.13. The molecule has 0 aliphatic carbocycles. The molecule has 40 heavy (non-hydrogen) atoms. The highest BCUT2D eigenvalue weighted by Crippen LogP contribution is 2.52. The Balaban J connectivity index is 1.46. The summed E-state index contributed by atoms with van der Waals surface area (Å²) in [7, 11) is 0. The van der Waals surface area contributed by atoms with Crippen molar-refractivity contribution in [2.75, 3.05) is 18.5 Å². The van der Waals surface area contributed by atoms with E-state index in [0.717, 1.165) is 23.1 Å². The second-order valence-electron chi connectivity index (χ2n) is 9.03. The summed E-state index contributed by atoms with van der Waals surface area (Å²) in [4.78, 5) is 63.7. The Morgan fingerprint density at radius 1 is 1.05 bits per heavy atom. The van der Waals surface area contributed by atoms with E-state index in [1.807, 2.05) is 0 Å². The highest BCUT2D eigenvalue weighted by Gasteiger charge is 2.53.